The topological polar surface area (TPSA) is 88.8 Å². The summed E-state index contributed by atoms with van der Waals surface area (Å²) in [5.74, 6) is -0.208. The number of ether oxygens (including phenoxy) is 1. The van der Waals surface area contributed by atoms with Gasteiger partial charge in [0.15, 0.2) is 0 Å². The first kappa shape index (κ1) is 20.2. The Morgan fingerprint density at radius 1 is 1.11 bits per heavy atom. The minimum atomic E-state index is -4.86. The molecule has 0 aliphatic rings. The number of furan rings is 1. The predicted molar refractivity (Wildman–Crippen MR) is 94.1 cm³/mol. The number of benzene rings is 2. The minimum absolute atomic E-state index is 0.0499. The molecule has 0 radical (unpaired) electrons. The second-order valence-electron chi connectivity index (χ2n) is 5.91. The van der Waals surface area contributed by atoms with Crippen molar-refractivity contribution in [3.05, 3.63) is 60.4 Å². The number of fused-ring (bicyclic) bond motifs is 1. The molecule has 1 unspecified atom stereocenters. The zero-order chi connectivity index (χ0) is 20.4. The number of aliphatic hydroxyl groups is 1. The van der Waals surface area contributed by atoms with Gasteiger partial charge in [-0.15, -0.1) is 13.2 Å². The quantitative estimate of drug-likeness (QED) is 0.614. The second-order valence-corrected chi connectivity index (χ2v) is 7.68. The van der Waals surface area contributed by atoms with Gasteiger partial charge in [0.25, 0.3) is 0 Å². The normalized spacial score (nSPS) is 13.6. The average Bonchev–Trinajstić information content (AvgIpc) is 3.05. The molecule has 3 rings (SSSR count). The van der Waals surface area contributed by atoms with Gasteiger partial charge >= 0.3 is 6.36 Å². The van der Waals surface area contributed by atoms with Crippen LogP contribution < -0.4 is 9.46 Å². The summed E-state index contributed by atoms with van der Waals surface area (Å²) < 4.78 is 72.3. The summed E-state index contributed by atoms with van der Waals surface area (Å²) >= 11 is 0. The van der Waals surface area contributed by atoms with E-state index in [1.807, 2.05) is 12.1 Å². The molecule has 1 heterocycles. The Balaban J connectivity index is 1.58. The summed E-state index contributed by atoms with van der Waals surface area (Å²) in [6.45, 7) is -0.0959. The SMILES string of the molecule is O=S(=O)(NCCC(O)c1cc2ccccc2o1)c1ccc(OC(F)(F)F)cc1. The lowest BCUT2D eigenvalue weighted by Crippen LogP contribution is -2.26. The minimum Gasteiger partial charge on any atom is -0.458 e. The van der Waals surface area contributed by atoms with Crippen molar-refractivity contribution in [1.82, 2.24) is 4.72 Å². The van der Waals surface area contributed by atoms with E-state index in [1.165, 1.54) is 0 Å². The summed E-state index contributed by atoms with van der Waals surface area (Å²) in [5.41, 5.74) is 0.610. The lowest BCUT2D eigenvalue weighted by atomic mass is 10.2. The Kier molecular flexibility index (Phi) is 5.64. The van der Waals surface area contributed by atoms with Crippen LogP contribution in [-0.4, -0.2) is 26.4 Å². The van der Waals surface area contributed by atoms with Gasteiger partial charge in [0.2, 0.25) is 10.0 Å². The first-order valence-electron chi connectivity index (χ1n) is 8.16. The molecule has 0 aliphatic heterocycles. The molecular formula is C18H16F3NO5S. The van der Waals surface area contributed by atoms with E-state index in [-0.39, 0.29) is 17.9 Å². The molecule has 0 aliphatic carbocycles. The lowest BCUT2D eigenvalue weighted by Gasteiger charge is -2.11. The zero-order valence-corrected chi connectivity index (χ0v) is 15.1. The maximum atomic E-state index is 12.2. The Hall–Kier alpha value is -2.56. The van der Waals surface area contributed by atoms with Crippen molar-refractivity contribution in [2.45, 2.75) is 23.8 Å². The Labute approximate surface area is 158 Å². The van der Waals surface area contributed by atoms with Crippen LogP contribution >= 0.6 is 0 Å². The molecule has 3 aromatic rings. The van der Waals surface area contributed by atoms with Crippen molar-refractivity contribution in [3.63, 3.8) is 0 Å². The highest BCUT2D eigenvalue weighted by Crippen LogP contribution is 2.26. The van der Waals surface area contributed by atoms with Gasteiger partial charge in [-0.25, -0.2) is 13.1 Å². The summed E-state index contributed by atoms with van der Waals surface area (Å²) in [7, 11) is -3.95. The monoisotopic (exact) mass is 415 g/mol. The number of rotatable bonds is 7. The predicted octanol–water partition coefficient (Wildman–Crippen LogP) is 3.73. The fourth-order valence-electron chi connectivity index (χ4n) is 2.54. The molecule has 0 spiro atoms. The van der Waals surface area contributed by atoms with E-state index >= 15 is 0 Å². The van der Waals surface area contributed by atoms with Crippen molar-refractivity contribution in [2.75, 3.05) is 6.54 Å². The molecule has 0 amide bonds. The fourth-order valence-corrected chi connectivity index (χ4v) is 3.59. The number of hydrogen-bond acceptors (Lipinski definition) is 5. The van der Waals surface area contributed by atoms with Crippen LogP contribution in [0, 0.1) is 0 Å². The van der Waals surface area contributed by atoms with Gasteiger partial charge in [-0.05, 0) is 42.8 Å². The summed E-state index contributed by atoms with van der Waals surface area (Å²) in [6.07, 6.45) is -5.82. The smallest absolute Gasteiger partial charge is 0.458 e. The number of para-hydroxylation sites is 1. The molecule has 0 saturated heterocycles. The van der Waals surface area contributed by atoms with Crippen molar-refractivity contribution >= 4 is 21.0 Å². The second kappa shape index (κ2) is 7.82. The Morgan fingerprint density at radius 3 is 2.43 bits per heavy atom. The highest BCUT2D eigenvalue weighted by Gasteiger charge is 2.31. The van der Waals surface area contributed by atoms with Crippen molar-refractivity contribution < 1.29 is 35.8 Å². The Morgan fingerprint density at radius 2 is 1.79 bits per heavy atom. The van der Waals surface area contributed by atoms with Crippen molar-refractivity contribution in [3.8, 4) is 5.75 Å². The number of hydrogen-bond donors (Lipinski definition) is 2. The van der Waals surface area contributed by atoms with Crippen LogP contribution in [0.1, 0.15) is 18.3 Å². The van der Waals surface area contributed by atoms with Crippen molar-refractivity contribution in [2.24, 2.45) is 0 Å². The van der Waals surface area contributed by atoms with E-state index < -0.39 is 28.2 Å². The lowest BCUT2D eigenvalue weighted by molar-refractivity contribution is -0.274. The van der Waals surface area contributed by atoms with Gasteiger partial charge < -0.3 is 14.3 Å². The first-order chi connectivity index (χ1) is 13.1. The molecule has 150 valence electrons. The third-order valence-electron chi connectivity index (χ3n) is 3.85. The van der Waals surface area contributed by atoms with Gasteiger partial charge in [-0.2, -0.15) is 0 Å². The average molecular weight is 415 g/mol. The standard InChI is InChI=1S/C18H16F3NO5S/c19-18(20,21)27-13-5-7-14(8-6-13)28(24,25)22-10-9-15(23)17-11-12-3-1-2-4-16(12)26-17/h1-8,11,15,22-23H,9-10H2. The van der Waals surface area contributed by atoms with Crippen LogP contribution in [0.3, 0.4) is 0 Å². The van der Waals surface area contributed by atoms with E-state index in [1.54, 1.807) is 18.2 Å². The number of sulfonamides is 1. The maximum absolute atomic E-state index is 12.2. The van der Waals surface area contributed by atoms with Crippen LogP contribution in [-0.2, 0) is 10.0 Å². The molecule has 0 bridgehead atoms. The van der Waals surface area contributed by atoms with E-state index in [0.717, 1.165) is 29.7 Å². The van der Waals surface area contributed by atoms with Gasteiger partial charge in [0.1, 0.15) is 23.2 Å². The molecule has 0 fully saturated rings. The number of halogens is 3. The van der Waals surface area contributed by atoms with Gasteiger partial charge in [-0.3, -0.25) is 0 Å². The molecular weight excluding hydrogens is 399 g/mol. The number of alkyl halides is 3. The van der Waals surface area contributed by atoms with Crippen LogP contribution in [0.5, 0.6) is 5.75 Å². The van der Waals surface area contributed by atoms with E-state index in [0.29, 0.717) is 11.3 Å². The van der Waals surface area contributed by atoms with E-state index in [9.17, 15) is 26.7 Å². The van der Waals surface area contributed by atoms with Crippen LogP contribution in [0.4, 0.5) is 13.2 Å². The molecule has 10 heteroatoms. The number of aliphatic hydroxyl groups excluding tert-OH is 1. The van der Waals surface area contributed by atoms with Crippen LogP contribution in [0.2, 0.25) is 0 Å². The van der Waals surface area contributed by atoms with Crippen LogP contribution in [0.25, 0.3) is 11.0 Å². The molecule has 1 aromatic heterocycles. The zero-order valence-electron chi connectivity index (χ0n) is 14.3. The molecule has 2 aromatic carbocycles. The summed E-state index contributed by atoms with van der Waals surface area (Å²) in [4.78, 5) is -0.222. The van der Waals surface area contributed by atoms with Crippen LogP contribution in [0.15, 0.2) is 63.9 Å². The van der Waals surface area contributed by atoms with Gasteiger partial charge in [0, 0.05) is 11.9 Å². The largest absolute Gasteiger partial charge is 0.573 e. The Bertz CT molecular complexity index is 1010. The molecule has 1 atom stereocenters. The number of nitrogens with one attached hydrogen (secondary N) is 1. The van der Waals surface area contributed by atoms with Gasteiger partial charge in [-0.1, -0.05) is 18.2 Å². The third kappa shape index (κ3) is 5.03. The highest BCUT2D eigenvalue weighted by molar-refractivity contribution is 7.89. The maximum Gasteiger partial charge on any atom is 0.573 e. The highest BCUT2D eigenvalue weighted by atomic mass is 32.2. The van der Waals surface area contributed by atoms with Crippen molar-refractivity contribution in [1.29, 1.82) is 0 Å². The fraction of sp³-hybridized carbons (Fsp3) is 0.222. The molecule has 6 nitrogen and oxygen atoms in total. The third-order valence-corrected chi connectivity index (χ3v) is 5.33. The molecule has 28 heavy (non-hydrogen) atoms. The first-order valence-corrected chi connectivity index (χ1v) is 9.64. The van der Waals surface area contributed by atoms with Gasteiger partial charge in [0.05, 0.1) is 4.90 Å². The molecule has 2 N–H and O–H groups in total. The van der Waals surface area contributed by atoms with E-state index in [4.69, 9.17) is 4.42 Å². The molecule has 0 saturated carbocycles. The summed E-state index contributed by atoms with van der Waals surface area (Å²) in [6, 6.07) is 12.7. The van der Waals surface area contributed by atoms with E-state index in [2.05, 4.69) is 9.46 Å². The summed E-state index contributed by atoms with van der Waals surface area (Å²) in [5, 5.41) is 11.0.